The third-order valence-electron chi connectivity index (χ3n) is 2.98. The van der Waals surface area contributed by atoms with Crippen LogP contribution in [0.2, 0.25) is 0 Å². The van der Waals surface area contributed by atoms with Crippen LogP contribution in [-0.4, -0.2) is 29.1 Å². The topological polar surface area (TPSA) is 40.5 Å². The lowest BCUT2D eigenvalue weighted by atomic mass is 10.1. The van der Waals surface area contributed by atoms with Gasteiger partial charge in [0.05, 0.1) is 0 Å². The first-order chi connectivity index (χ1) is 9.42. The summed E-state index contributed by atoms with van der Waals surface area (Å²) in [5.41, 5.74) is 1.56. The zero-order valence-corrected chi connectivity index (χ0v) is 12.3. The van der Waals surface area contributed by atoms with E-state index >= 15 is 0 Å². The number of rotatable bonds is 7. The van der Waals surface area contributed by atoms with Gasteiger partial charge in [-0.2, -0.15) is 0 Å². The van der Waals surface area contributed by atoms with Gasteiger partial charge in [-0.25, -0.2) is 9.18 Å². The highest BCUT2D eigenvalue weighted by molar-refractivity contribution is 5.85. The van der Waals surface area contributed by atoms with Crippen molar-refractivity contribution in [1.29, 1.82) is 0 Å². The van der Waals surface area contributed by atoms with E-state index in [9.17, 15) is 9.18 Å². The van der Waals surface area contributed by atoms with Crippen molar-refractivity contribution in [3.05, 3.63) is 41.2 Å². The first kappa shape index (κ1) is 16.4. The molecular formula is C16H22FNO2. The van der Waals surface area contributed by atoms with Gasteiger partial charge in [-0.05, 0) is 41.8 Å². The zero-order valence-electron chi connectivity index (χ0n) is 12.3. The maximum absolute atomic E-state index is 13.3. The van der Waals surface area contributed by atoms with E-state index in [1.54, 1.807) is 6.07 Å². The number of carbonyl (C=O) groups is 1. The molecule has 0 radical (unpaired) electrons. The number of carboxylic acid groups (broad SMARTS) is 1. The molecule has 0 unspecified atom stereocenters. The Morgan fingerprint density at radius 1 is 1.45 bits per heavy atom. The summed E-state index contributed by atoms with van der Waals surface area (Å²) < 4.78 is 13.3. The van der Waals surface area contributed by atoms with Crippen LogP contribution in [0.1, 0.15) is 31.9 Å². The minimum atomic E-state index is -1.03. The summed E-state index contributed by atoms with van der Waals surface area (Å²) in [5, 5.41) is 8.69. The molecule has 0 heterocycles. The van der Waals surface area contributed by atoms with Gasteiger partial charge in [0.1, 0.15) is 5.82 Å². The Morgan fingerprint density at radius 2 is 2.15 bits per heavy atom. The molecule has 20 heavy (non-hydrogen) atoms. The van der Waals surface area contributed by atoms with Gasteiger partial charge in [0.15, 0.2) is 0 Å². The Morgan fingerprint density at radius 3 is 2.70 bits per heavy atom. The van der Waals surface area contributed by atoms with Gasteiger partial charge in [0.2, 0.25) is 0 Å². The summed E-state index contributed by atoms with van der Waals surface area (Å²) in [6, 6.07) is 4.51. The van der Waals surface area contributed by atoms with Gasteiger partial charge in [-0.15, -0.1) is 0 Å². The van der Waals surface area contributed by atoms with E-state index in [2.05, 4.69) is 25.7 Å². The van der Waals surface area contributed by atoms with Crippen molar-refractivity contribution < 1.29 is 14.3 Å². The van der Waals surface area contributed by atoms with Gasteiger partial charge < -0.3 is 5.11 Å². The van der Waals surface area contributed by atoms with Gasteiger partial charge in [-0.1, -0.05) is 26.8 Å². The molecule has 0 atom stereocenters. The first-order valence-corrected chi connectivity index (χ1v) is 6.84. The molecular weight excluding hydrogens is 257 g/mol. The van der Waals surface area contributed by atoms with Gasteiger partial charge >= 0.3 is 5.97 Å². The third-order valence-corrected chi connectivity index (χ3v) is 2.98. The van der Waals surface area contributed by atoms with E-state index in [-0.39, 0.29) is 5.82 Å². The molecule has 0 aliphatic rings. The fourth-order valence-corrected chi connectivity index (χ4v) is 2.09. The maximum Gasteiger partial charge on any atom is 0.328 e. The molecule has 1 N–H and O–H groups in total. The highest BCUT2D eigenvalue weighted by atomic mass is 19.1. The predicted molar refractivity (Wildman–Crippen MR) is 78.9 cm³/mol. The monoisotopic (exact) mass is 279 g/mol. The van der Waals surface area contributed by atoms with Crippen molar-refractivity contribution >= 4 is 12.0 Å². The second-order valence-corrected chi connectivity index (χ2v) is 5.24. The summed E-state index contributed by atoms with van der Waals surface area (Å²) in [7, 11) is 0. The average Bonchev–Trinajstić information content (AvgIpc) is 2.37. The summed E-state index contributed by atoms with van der Waals surface area (Å²) in [4.78, 5) is 12.9. The van der Waals surface area contributed by atoms with Crippen LogP contribution in [0.4, 0.5) is 4.39 Å². The second-order valence-electron chi connectivity index (χ2n) is 5.24. The quantitative estimate of drug-likeness (QED) is 0.778. The predicted octanol–water partition coefficient (Wildman–Crippen LogP) is 3.40. The van der Waals surface area contributed by atoms with Crippen molar-refractivity contribution in [2.45, 2.75) is 27.3 Å². The number of nitrogens with zero attached hydrogens (tertiary/aromatic N) is 1. The van der Waals surface area contributed by atoms with Crippen molar-refractivity contribution in [1.82, 2.24) is 4.90 Å². The number of hydrogen-bond donors (Lipinski definition) is 1. The van der Waals surface area contributed by atoms with Crippen LogP contribution in [-0.2, 0) is 11.3 Å². The number of carboxylic acids is 1. The number of aliphatic carboxylic acids is 1. The first-order valence-electron chi connectivity index (χ1n) is 6.84. The Kier molecular flexibility index (Phi) is 6.39. The van der Waals surface area contributed by atoms with Crippen molar-refractivity contribution in [2.24, 2.45) is 5.92 Å². The minimum absolute atomic E-state index is 0.356. The molecule has 0 fully saturated rings. The summed E-state index contributed by atoms with van der Waals surface area (Å²) in [5.74, 6) is -0.839. The van der Waals surface area contributed by atoms with Crippen LogP contribution in [0.5, 0.6) is 0 Å². The van der Waals surface area contributed by atoms with Crippen LogP contribution in [0.25, 0.3) is 6.08 Å². The zero-order chi connectivity index (χ0) is 15.1. The SMILES string of the molecule is CCN(Cc1ccc(F)cc1C=CC(=O)O)CC(C)C. The largest absolute Gasteiger partial charge is 0.478 e. The standard InChI is InChI=1S/C16H22FNO2/c1-4-18(10-12(2)3)11-14-5-7-15(17)9-13(14)6-8-16(19)20/h5-9,12H,4,10-11H2,1-3H3,(H,19,20). The molecule has 0 aliphatic carbocycles. The Balaban J connectivity index is 2.95. The molecule has 0 bridgehead atoms. The number of benzene rings is 1. The van der Waals surface area contributed by atoms with Gasteiger partial charge in [-0.3, -0.25) is 4.90 Å². The average molecular weight is 279 g/mol. The highest BCUT2D eigenvalue weighted by Crippen LogP contribution is 2.16. The van der Waals surface area contributed by atoms with Gasteiger partial charge in [0, 0.05) is 19.2 Å². The van der Waals surface area contributed by atoms with Crippen molar-refractivity contribution in [2.75, 3.05) is 13.1 Å². The molecule has 0 aliphatic heterocycles. The highest BCUT2D eigenvalue weighted by Gasteiger charge is 2.09. The molecule has 4 heteroatoms. The fourth-order valence-electron chi connectivity index (χ4n) is 2.09. The molecule has 0 spiro atoms. The minimum Gasteiger partial charge on any atom is -0.478 e. The molecule has 110 valence electrons. The van der Waals surface area contributed by atoms with Crippen LogP contribution >= 0.6 is 0 Å². The van der Waals surface area contributed by atoms with E-state index in [1.165, 1.54) is 18.2 Å². The van der Waals surface area contributed by atoms with Crippen molar-refractivity contribution in [3.63, 3.8) is 0 Å². The van der Waals surface area contributed by atoms with Crippen LogP contribution < -0.4 is 0 Å². The number of halogens is 1. The molecule has 0 saturated heterocycles. The van der Waals surface area contributed by atoms with E-state index in [0.29, 0.717) is 18.0 Å². The van der Waals surface area contributed by atoms with E-state index in [0.717, 1.165) is 24.7 Å². The third kappa shape index (κ3) is 5.53. The second kappa shape index (κ2) is 7.80. The molecule has 1 rings (SSSR count). The fraction of sp³-hybridized carbons (Fsp3) is 0.438. The summed E-state index contributed by atoms with van der Waals surface area (Å²) >= 11 is 0. The van der Waals surface area contributed by atoms with Crippen LogP contribution in [0, 0.1) is 11.7 Å². The summed E-state index contributed by atoms with van der Waals surface area (Å²) in [6.07, 6.45) is 2.49. The van der Waals surface area contributed by atoms with Crippen molar-refractivity contribution in [3.8, 4) is 0 Å². The molecule has 0 saturated carbocycles. The lowest BCUT2D eigenvalue weighted by molar-refractivity contribution is -0.131. The van der Waals surface area contributed by atoms with E-state index < -0.39 is 5.97 Å². The van der Waals surface area contributed by atoms with Crippen LogP contribution in [0.15, 0.2) is 24.3 Å². The molecule has 0 amide bonds. The summed E-state index contributed by atoms with van der Waals surface area (Å²) in [6.45, 7) is 8.93. The molecule has 3 nitrogen and oxygen atoms in total. The Labute approximate surface area is 119 Å². The number of hydrogen-bond acceptors (Lipinski definition) is 2. The smallest absolute Gasteiger partial charge is 0.328 e. The normalized spacial score (nSPS) is 11.7. The van der Waals surface area contributed by atoms with E-state index in [4.69, 9.17) is 5.11 Å². The van der Waals surface area contributed by atoms with Gasteiger partial charge in [0.25, 0.3) is 0 Å². The van der Waals surface area contributed by atoms with E-state index in [1.807, 2.05) is 0 Å². The Hall–Kier alpha value is -1.68. The van der Waals surface area contributed by atoms with Crippen LogP contribution in [0.3, 0.4) is 0 Å². The molecule has 0 aromatic heterocycles. The lowest BCUT2D eigenvalue weighted by Crippen LogP contribution is -2.27. The lowest BCUT2D eigenvalue weighted by Gasteiger charge is -2.23. The Bertz CT molecular complexity index is 483. The molecule has 1 aromatic rings. The molecule has 1 aromatic carbocycles. The maximum atomic E-state index is 13.3.